The Morgan fingerprint density at radius 2 is 2.00 bits per heavy atom. The molecule has 3 heteroatoms. The van der Waals surface area contributed by atoms with E-state index in [0.717, 1.165) is 27.7 Å². The van der Waals surface area contributed by atoms with Gasteiger partial charge < -0.3 is 9.32 Å². The first kappa shape index (κ1) is 16.1. The summed E-state index contributed by atoms with van der Waals surface area (Å²) in [5.41, 5.74) is 4.01. The maximum absolute atomic E-state index is 12.8. The van der Waals surface area contributed by atoms with E-state index in [1.165, 1.54) is 0 Å². The highest BCUT2D eigenvalue weighted by molar-refractivity contribution is 5.88. The number of carbonyl (C=O) groups is 1. The third-order valence-electron chi connectivity index (χ3n) is 4.07. The Morgan fingerprint density at radius 1 is 1.21 bits per heavy atom. The molecule has 3 nitrogen and oxygen atoms in total. The van der Waals surface area contributed by atoms with Crippen molar-refractivity contribution in [2.45, 2.75) is 19.9 Å². The molecule has 1 aromatic heterocycles. The molecule has 0 aliphatic carbocycles. The van der Waals surface area contributed by atoms with E-state index < -0.39 is 0 Å². The van der Waals surface area contributed by atoms with Gasteiger partial charge in [-0.25, -0.2) is 0 Å². The van der Waals surface area contributed by atoms with Gasteiger partial charge in [-0.3, -0.25) is 4.79 Å². The summed E-state index contributed by atoms with van der Waals surface area (Å²) in [5, 5.41) is 1.01. The van der Waals surface area contributed by atoms with Crippen molar-refractivity contribution in [2.24, 2.45) is 0 Å². The van der Waals surface area contributed by atoms with Crippen molar-refractivity contribution in [3.05, 3.63) is 84.1 Å². The van der Waals surface area contributed by atoms with E-state index in [-0.39, 0.29) is 5.91 Å². The molecule has 0 bridgehead atoms. The number of nitrogens with zero attached hydrogens (tertiary/aromatic N) is 1. The zero-order chi connectivity index (χ0) is 16.9. The van der Waals surface area contributed by atoms with Gasteiger partial charge in [-0.05, 0) is 24.1 Å². The Labute approximate surface area is 142 Å². The highest BCUT2D eigenvalue weighted by Gasteiger charge is 2.16. The lowest BCUT2D eigenvalue weighted by atomic mass is 10.1. The minimum absolute atomic E-state index is 0.0713. The quantitative estimate of drug-likeness (QED) is 0.627. The standard InChI is InChI=1S/C21H21NO2/c1-3-11-22(14-17-7-5-4-6-8-17)21(23)13-18-15-24-20-12-16(2)9-10-19(18)20/h3-10,12,15H,1,11,13-14H2,2H3. The summed E-state index contributed by atoms with van der Waals surface area (Å²) in [4.78, 5) is 14.6. The van der Waals surface area contributed by atoms with Crippen molar-refractivity contribution < 1.29 is 9.21 Å². The normalized spacial score (nSPS) is 10.7. The van der Waals surface area contributed by atoms with Crippen molar-refractivity contribution in [1.29, 1.82) is 0 Å². The maximum atomic E-state index is 12.8. The van der Waals surface area contributed by atoms with Crippen LogP contribution in [0.5, 0.6) is 0 Å². The molecular weight excluding hydrogens is 298 g/mol. The van der Waals surface area contributed by atoms with E-state index in [2.05, 4.69) is 6.58 Å². The van der Waals surface area contributed by atoms with Crippen LogP contribution in [-0.4, -0.2) is 17.4 Å². The molecule has 0 spiro atoms. The highest BCUT2D eigenvalue weighted by Crippen LogP contribution is 2.23. The van der Waals surface area contributed by atoms with Gasteiger partial charge in [0.2, 0.25) is 5.91 Å². The predicted octanol–water partition coefficient (Wildman–Crippen LogP) is 4.50. The number of carbonyl (C=O) groups excluding carboxylic acids is 1. The topological polar surface area (TPSA) is 33.5 Å². The summed E-state index contributed by atoms with van der Waals surface area (Å²) in [6.45, 7) is 6.91. The summed E-state index contributed by atoms with van der Waals surface area (Å²) in [6.07, 6.45) is 3.78. The second kappa shape index (κ2) is 7.18. The molecule has 1 heterocycles. The zero-order valence-electron chi connectivity index (χ0n) is 13.9. The monoisotopic (exact) mass is 319 g/mol. The first-order chi connectivity index (χ1) is 11.7. The minimum atomic E-state index is 0.0713. The van der Waals surface area contributed by atoms with E-state index in [1.807, 2.05) is 60.4 Å². The van der Waals surface area contributed by atoms with Crippen molar-refractivity contribution in [3.8, 4) is 0 Å². The molecule has 0 saturated carbocycles. The van der Waals surface area contributed by atoms with Crippen LogP contribution in [0.2, 0.25) is 0 Å². The number of benzene rings is 2. The average molecular weight is 319 g/mol. The van der Waals surface area contributed by atoms with E-state index in [0.29, 0.717) is 19.5 Å². The summed E-state index contributed by atoms with van der Waals surface area (Å²) in [6, 6.07) is 16.1. The molecule has 2 aromatic carbocycles. The van der Waals surface area contributed by atoms with Crippen LogP contribution in [0.3, 0.4) is 0 Å². The van der Waals surface area contributed by atoms with Crippen molar-refractivity contribution in [2.75, 3.05) is 6.54 Å². The van der Waals surface area contributed by atoms with Crippen LogP contribution in [0, 0.1) is 6.92 Å². The molecule has 0 atom stereocenters. The lowest BCUT2D eigenvalue weighted by molar-refractivity contribution is -0.130. The van der Waals surface area contributed by atoms with Crippen LogP contribution >= 0.6 is 0 Å². The molecule has 24 heavy (non-hydrogen) atoms. The fraction of sp³-hybridized carbons (Fsp3) is 0.190. The number of amides is 1. The molecule has 0 aliphatic rings. The summed E-state index contributed by atoms with van der Waals surface area (Å²) in [5.74, 6) is 0.0713. The van der Waals surface area contributed by atoms with Crippen molar-refractivity contribution in [1.82, 2.24) is 4.90 Å². The second-order valence-corrected chi connectivity index (χ2v) is 5.99. The van der Waals surface area contributed by atoms with Gasteiger partial charge in [0, 0.05) is 24.0 Å². The Morgan fingerprint density at radius 3 is 2.75 bits per heavy atom. The van der Waals surface area contributed by atoms with Gasteiger partial charge in [-0.15, -0.1) is 6.58 Å². The number of furan rings is 1. The molecule has 3 rings (SSSR count). The van der Waals surface area contributed by atoms with E-state index in [1.54, 1.807) is 12.3 Å². The number of hydrogen-bond acceptors (Lipinski definition) is 2. The third-order valence-corrected chi connectivity index (χ3v) is 4.07. The first-order valence-electron chi connectivity index (χ1n) is 8.06. The largest absolute Gasteiger partial charge is 0.464 e. The third kappa shape index (κ3) is 3.57. The molecule has 0 fully saturated rings. The second-order valence-electron chi connectivity index (χ2n) is 5.99. The fourth-order valence-electron chi connectivity index (χ4n) is 2.82. The SMILES string of the molecule is C=CCN(Cc1ccccc1)C(=O)Cc1coc2cc(C)ccc12. The van der Waals surface area contributed by atoms with Gasteiger partial charge >= 0.3 is 0 Å². The zero-order valence-corrected chi connectivity index (χ0v) is 13.9. The number of hydrogen-bond donors (Lipinski definition) is 0. The van der Waals surface area contributed by atoms with Crippen LogP contribution in [-0.2, 0) is 17.8 Å². The van der Waals surface area contributed by atoms with E-state index in [9.17, 15) is 4.79 Å². The van der Waals surface area contributed by atoms with Crippen molar-refractivity contribution in [3.63, 3.8) is 0 Å². The molecule has 3 aromatic rings. The van der Waals surface area contributed by atoms with Crippen molar-refractivity contribution >= 4 is 16.9 Å². The van der Waals surface area contributed by atoms with E-state index >= 15 is 0 Å². The lowest BCUT2D eigenvalue weighted by Crippen LogP contribution is -2.31. The summed E-state index contributed by atoms with van der Waals surface area (Å²) >= 11 is 0. The lowest BCUT2D eigenvalue weighted by Gasteiger charge is -2.21. The van der Waals surface area contributed by atoms with Gasteiger partial charge in [0.05, 0.1) is 12.7 Å². The summed E-state index contributed by atoms with van der Waals surface area (Å²) in [7, 11) is 0. The maximum Gasteiger partial charge on any atom is 0.227 e. The molecule has 0 saturated heterocycles. The van der Waals surface area contributed by atoms with E-state index in [4.69, 9.17) is 4.42 Å². The van der Waals surface area contributed by atoms with Gasteiger partial charge in [0.25, 0.3) is 0 Å². The van der Waals surface area contributed by atoms with Crippen LogP contribution in [0.15, 0.2) is 71.9 Å². The van der Waals surface area contributed by atoms with Gasteiger partial charge in [-0.1, -0.05) is 48.5 Å². The number of rotatable bonds is 6. The predicted molar refractivity (Wildman–Crippen MR) is 96.7 cm³/mol. The molecule has 0 unspecified atom stereocenters. The van der Waals surface area contributed by atoms with Crippen LogP contribution in [0.1, 0.15) is 16.7 Å². The molecule has 1 amide bonds. The highest BCUT2D eigenvalue weighted by atomic mass is 16.3. The average Bonchev–Trinajstić information content (AvgIpc) is 2.97. The van der Waals surface area contributed by atoms with Crippen LogP contribution in [0.25, 0.3) is 11.0 Å². The Balaban J connectivity index is 1.78. The van der Waals surface area contributed by atoms with Crippen LogP contribution in [0.4, 0.5) is 0 Å². The fourth-order valence-corrected chi connectivity index (χ4v) is 2.82. The number of aryl methyl sites for hydroxylation is 1. The van der Waals surface area contributed by atoms with Gasteiger partial charge in [0.1, 0.15) is 5.58 Å². The minimum Gasteiger partial charge on any atom is -0.464 e. The molecule has 0 aliphatic heterocycles. The molecule has 0 radical (unpaired) electrons. The Kier molecular flexibility index (Phi) is 4.80. The number of fused-ring (bicyclic) bond motifs is 1. The van der Waals surface area contributed by atoms with Crippen LogP contribution < -0.4 is 0 Å². The first-order valence-corrected chi connectivity index (χ1v) is 8.06. The van der Waals surface area contributed by atoms with Gasteiger partial charge in [-0.2, -0.15) is 0 Å². The molecule has 122 valence electrons. The Bertz CT molecular complexity index is 849. The molecule has 0 N–H and O–H groups in total. The van der Waals surface area contributed by atoms with Gasteiger partial charge in [0.15, 0.2) is 0 Å². The summed E-state index contributed by atoms with van der Waals surface area (Å²) < 4.78 is 5.60. The molecular formula is C21H21NO2. The smallest absolute Gasteiger partial charge is 0.227 e. The Hall–Kier alpha value is -2.81.